The molecule has 0 spiro atoms. The van der Waals surface area contributed by atoms with E-state index in [2.05, 4.69) is 90.4 Å². The van der Waals surface area contributed by atoms with Crippen molar-refractivity contribution in [3.8, 4) is 0 Å². The molecule has 26 nitrogen and oxygen atoms in total. The number of amides is 8. The van der Waals surface area contributed by atoms with Crippen LogP contribution in [-0.4, -0.2) is 166 Å². The number of benzene rings is 1. The summed E-state index contributed by atoms with van der Waals surface area (Å²) < 4.78 is 0. The van der Waals surface area contributed by atoms with Gasteiger partial charge in [-0.1, -0.05) is 64.4 Å². The minimum absolute atomic E-state index is 0.0109. The van der Waals surface area contributed by atoms with Crippen molar-refractivity contribution in [1.29, 1.82) is 0 Å². The summed E-state index contributed by atoms with van der Waals surface area (Å²) in [7, 11) is 0. The summed E-state index contributed by atoms with van der Waals surface area (Å²) in [6, 6.07) is -3.55. The van der Waals surface area contributed by atoms with Crippen LogP contribution in [0.3, 0.4) is 0 Å². The van der Waals surface area contributed by atoms with Crippen molar-refractivity contribution in [2.75, 3.05) is 30.3 Å². The topological polar surface area (TPSA) is 445 Å². The highest BCUT2D eigenvalue weighted by Gasteiger charge is 2.37. The number of rotatable bonds is 35. The number of carbonyl (C=O) groups is 9. The predicted octanol–water partition coefficient (Wildman–Crippen LogP) is -4.11. The van der Waals surface area contributed by atoms with Crippen LogP contribution in [0.4, 0.5) is 0 Å². The Bertz CT molecular complexity index is 2100. The first-order valence-electron chi connectivity index (χ1n) is 24.4. The highest BCUT2D eigenvalue weighted by atomic mass is 32.1. The molecule has 1 aromatic rings. The van der Waals surface area contributed by atoms with Crippen molar-refractivity contribution in [2.45, 2.75) is 140 Å². The zero-order valence-electron chi connectivity index (χ0n) is 43.0. The Balaban J connectivity index is 3.36. The van der Waals surface area contributed by atoms with Crippen LogP contribution in [0.2, 0.25) is 0 Å². The number of nitrogens with two attached hydrogens (primary N) is 5. The van der Waals surface area contributed by atoms with Gasteiger partial charge in [-0.15, -0.1) is 0 Å². The lowest BCUT2D eigenvalue weighted by Gasteiger charge is -2.30. The second-order valence-corrected chi connectivity index (χ2v) is 19.3. The minimum Gasteiger partial charge on any atom is -0.480 e. The van der Waals surface area contributed by atoms with E-state index in [1.807, 2.05) is 0 Å². The zero-order chi connectivity index (χ0) is 56.9. The highest BCUT2D eigenvalue weighted by Crippen LogP contribution is 2.13. The fourth-order valence-electron chi connectivity index (χ4n) is 6.99. The van der Waals surface area contributed by atoms with E-state index in [1.165, 1.54) is 6.92 Å². The number of carbonyl (C=O) groups excluding carboxylic acids is 8. The van der Waals surface area contributed by atoms with Crippen LogP contribution in [-0.2, 0) is 49.6 Å². The number of thiol groups is 3. The molecule has 75 heavy (non-hydrogen) atoms. The van der Waals surface area contributed by atoms with Crippen molar-refractivity contribution in [3.63, 3.8) is 0 Å². The molecule has 0 aromatic heterocycles. The molecule has 0 saturated heterocycles. The van der Waals surface area contributed by atoms with Crippen LogP contribution < -0.4 is 71.2 Å². The van der Waals surface area contributed by atoms with E-state index in [-0.39, 0.29) is 80.3 Å². The molecule has 20 N–H and O–H groups in total. The number of guanidine groups is 2. The number of aliphatic hydroxyl groups is 1. The quantitative estimate of drug-likeness (QED) is 0.0133. The van der Waals surface area contributed by atoms with Crippen molar-refractivity contribution in [3.05, 3.63) is 35.9 Å². The van der Waals surface area contributed by atoms with Crippen LogP contribution in [0.15, 0.2) is 40.3 Å². The maximum absolute atomic E-state index is 14.2. The summed E-state index contributed by atoms with van der Waals surface area (Å²) in [5.74, 6) is -9.98. The van der Waals surface area contributed by atoms with Crippen LogP contribution in [0.25, 0.3) is 0 Å². The molecule has 0 aliphatic heterocycles. The molecular formula is C46H79N15O11S3. The first-order chi connectivity index (χ1) is 35.3. The van der Waals surface area contributed by atoms with Crippen molar-refractivity contribution in [1.82, 2.24) is 42.5 Å². The van der Waals surface area contributed by atoms with Crippen LogP contribution in [0, 0.1) is 11.8 Å². The molecule has 29 heteroatoms. The van der Waals surface area contributed by atoms with Gasteiger partial charge in [0.2, 0.25) is 47.3 Å². The minimum atomic E-state index is -1.72. The van der Waals surface area contributed by atoms with Crippen LogP contribution >= 0.6 is 37.9 Å². The van der Waals surface area contributed by atoms with Gasteiger partial charge >= 0.3 is 5.97 Å². The molecule has 0 bridgehead atoms. The average molecular weight is 1110 g/mol. The molecule has 1 rings (SSSR count). The Morgan fingerprint density at radius 1 is 0.547 bits per heavy atom. The smallest absolute Gasteiger partial charge is 0.327 e. The molecule has 0 saturated carbocycles. The van der Waals surface area contributed by atoms with E-state index in [1.54, 1.807) is 58.0 Å². The summed E-state index contributed by atoms with van der Waals surface area (Å²) in [5.41, 5.74) is 28.2. The van der Waals surface area contributed by atoms with Crippen LogP contribution in [0.5, 0.6) is 0 Å². The number of aliphatic imine (C=N–C) groups is 2. The SMILES string of the molecule is CC[C@H](C)[C@H](NC(=O)[C@H](CS)NC(=O)[C@@H](N)CCCN=C(N)N)C(=O)N[C@@H](CS)C(=O)N[C@H](C(=O)N[C@@H](CC(C)C)C(=O)N[C@@H](CCCN=C(N)N)C(=O)N[C@@H](Cc1ccccc1)C(=O)N[C@@H](CS)C(=O)O)[C@@H](C)O. The number of aliphatic hydroxyl groups excluding tert-OH is 1. The normalized spacial score (nSPS) is 15.5. The molecule has 422 valence electrons. The largest absolute Gasteiger partial charge is 0.480 e. The number of carboxylic acids is 1. The van der Waals surface area contributed by atoms with Crippen molar-refractivity contribution < 1.29 is 53.4 Å². The first kappa shape index (κ1) is 67.0. The molecule has 0 unspecified atom stereocenters. The molecule has 11 atom stereocenters. The number of nitrogens with one attached hydrogen (secondary N) is 8. The van der Waals surface area contributed by atoms with Gasteiger partial charge in [0, 0.05) is 36.8 Å². The number of nitrogens with zero attached hydrogens (tertiary/aromatic N) is 2. The average Bonchev–Trinajstić information content (AvgIpc) is 3.35. The Morgan fingerprint density at radius 2 is 0.960 bits per heavy atom. The zero-order valence-corrected chi connectivity index (χ0v) is 45.7. The molecule has 0 heterocycles. The summed E-state index contributed by atoms with van der Waals surface area (Å²) in [5, 5.41) is 40.6. The predicted molar refractivity (Wildman–Crippen MR) is 293 cm³/mol. The van der Waals surface area contributed by atoms with Gasteiger partial charge in [-0.25, -0.2) is 4.79 Å². The summed E-state index contributed by atoms with van der Waals surface area (Å²) in [4.78, 5) is 129. The molecule has 0 aliphatic carbocycles. The molecule has 1 aromatic carbocycles. The highest BCUT2D eigenvalue weighted by molar-refractivity contribution is 7.80. The number of hydrogen-bond acceptors (Lipinski definition) is 16. The van der Waals surface area contributed by atoms with Crippen LogP contribution in [0.1, 0.15) is 78.7 Å². The van der Waals surface area contributed by atoms with E-state index in [9.17, 15) is 53.4 Å². The number of aliphatic carboxylic acids is 1. The van der Waals surface area contributed by atoms with Gasteiger partial charge in [0.1, 0.15) is 48.3 Å². The molecule has 8 amide bonds. The summed E-state index contributed by atoms with van der Waals surface area (Å²) in [6.07, 6.45) is -0.644. The second-order valence-electron chi connectivity index (χ2n) is 18.2. The second kappa shape index (κ2) is 35.3. The first-order valence-corrected chi connectivity index (χ1v) is 26.3. The van der Waals surface area contributed by atoms with E-state index < -0.39 is 120 Å². The molecular weight excluding hydrogens is 1030 g/mol. The fraction of sp³-hybridized carbons (Fsp3) is 0.630. The molecule has 0 fully saturated rings. The van der Waals surface area contributed by atoms with E-state index in [4.69, 9.17) is 28.7 Å². The molecule has 0 radical (unpaired) electrons. The van der Waals surface area contributed by atoms with Gasteiger partial charge in [-0.2, -0.15) is 37.9 Å². The maximum Gasteiger partial charge on any atom is 0.327 e. The van der Waals surface area contributed by atoms with Crippen molar-refractivity contribution in [2.24, 2.45) is 50.5 Å². The Labute approximate surface area is 453 Å². The van der Waals surface area contributed by atoms with Crippen molar-refractivity contribution >= 4 is 103 Å². The lowest BCUT2D eigenvalue weighted by atomic mass is 9.97. The maximum atomic E-state index is 14.2. The summed E-state index contributed by atoms with van der Waals surface area (Å²) in [6.45, 7) is 8.41. The fourth-order valence-corrected chi connectivity index (χ4v) is 7.75. The van der Waals surface area contributed by atoms with Gasteiger partial charge in [0.15, 0.2) is 11.9 Å². The van der Waals surface area contributed by atoms with E-state index in [0.29, 0.717) is 18.4 Å². The monoisotopic (exact) mass is 1110 g/mol. The summed E-state index contributed by atoms with van der Waals surface area (Å²) >= 11 is 12.4. The van der Waals surface area contributed by atoms with Gasteiger partial charge in [0.25, 0.3) is 0 Å². The third kappa shape index (κ3) is 25.4. The number of carboxylic acid groups (broad SMARTS) is 1. The van der Waals surface area contributed by atoms with E-state index in [0.717, 1.165) is 0 Å². The Kier molecular flexibility index (Phi) is 31.5. The van der Waals surface area contributed by atoms with Gasteiger partial charge in [0.05, 0.1) is 12.1 Å². The standard InChI is InChI=1S/C46H79N15O11S3/c1-6-24(4)34(60-40(67)31(20-73)57-36(63)27(47)14-10-16-52-45(48)49)42(69)58-32(21-74)41(68)61-35(25(5)62)43(70)56-29(18-23(2)3)38(65)54-28(15-11-17-53-46(50)51)37(64)55-30(19-26-12-8-7-9-13-26)39(66)59-33(22-75)44(71)72/h7-9,12-13,23-25,27-35,62,73-75H,6,10-11,14-22,47H2,1-5H3,(H,54,65)(H,55,64)(H,56,70)(H,57,63)(H,58,69)(H,59,66)(H,60,67)(H,61,68)(H,71,72)(H4,48,49,52)(H4,50,51,53)/t24-,25+,27-,28-,29-,30-,31-,32-,33-,34-,35-/m0/s1. The van der Waals surface area contributed by atoms with Gasteiger partial charge in [-0.05, 0) is 56.4 Å². The lowest BCUT2D eigenvalue weighted by Crippen LogP contribution is -2.63. The Morgan fingerprint density at radius 3 is 1.44 bits per heavy atom. The van der Waals surface area contributed by atoms with E-state index >= 15 is 0 Å². The lowest BCUT2D eigenvalue weighted by molar-refractivity contribution is -0.141. The van der Waals surface area contributed by atoms with Gasteiger partial charge < -0.3 is 81.4 Å². The van der Waals surface area contributed by atoms with Gasteiger partial charge in [-0.3, -0.25) is 48.3 Å². The Hall–Kier alpha value is -6.04. The third-order valence-corrected chi connectivity index (χ3v) is 12.5. The molecule has 0 aliphatic rings. The third-order valence-electron chi connectivity index (χ3n) is 11.4. The number of hydrogen-bond donors (Lipinski definition) is 18.